The zero-order chi connectivity index (χ0) is 17.5. The van der Waals surface area contributed by atoms with E-state index in [1.807, 2.05) is 4.90 Å². The summed E-state index contributed by atoms with van der Waals surface area (Å²) in [6.45, 7) is 5.23. The Morgan fingerprint density at radius 2 is 1.92 bits per heavy atom. The molecule has 1 saturated heterocycles. The molecule has 0 saturated carbocycles. The number of benzene rings is 1. The van der Waals surface area contributed by atoms with E-state index in [4.69, 9.17) is 27.9 Å². The molecule has 1 aliphatic rings. The van der Waals surface area contributed by atoms with Crippen molar-refractivity contribution >= 4 is 35.2 Å². The molecule has 132 valence electrons. The largest absolute Gasteiger partial charge is 0.450 e. The molecular formula is C16H21Cl2N3O3. The van der Waals surface area contributed by atoms with Crippen LogP contribution in [0.4, 0.5) is 4.79 Å². The van der Waals surface area contributed by atoms with Crippen molar-refractivity contribution in [2.24, 2.45) is 0 Å². The van der Waals surface area contributed by atoms with Crippen molar-refractivity contribution < 1.29 is 14.3 Å². The molecule has 2 amide bonds. The molecule has 0 unspecified atom stereocenters. The molecule has 24 heavy (non-hydrogen) atoms. The number of rotatable bonds is 5. The number of ether oxygens (including phenoxy) is 1. The summed E-state index contributed by atoms with van der Waals surface area (Å²) < 4.78 is 4.97. The van der Waals surface area contributed by atoms with Gasteiger partial charge in [-0.25, -0.2) is 4.79 Å². The summed E-state index contributed by atoms with van der Waals surface area (Å²) in [7, 11) is 0. The number of amides is 2. The number of nitrogens with one attached hydrogen (secondary N) is 1. The Morgan fingerprint density at radius 3 is 2.54 bits per heavy atom. The van der Waals surface area contributed by atoms with Gasteiger partial charge in [-0.05, 0) is 24.6 Å². The number of nitrogens with zero attached hydrogens (tertiary/aromatic N) is 2. The molecule has 1 fully saturated rings. The zero-order valence-electron chi connectivity index (χ0n) is 13.6. The van der Waals surface area contributed by atoms with Crippen LogP contribution in [0.2, 0.25) is 10.0 Å². The molecule has 1 aliphatic heterocycles. The van der Waals surface area contributed by atoms with Crippen LogP contribution in [0.1, 0.15) is 12.5 Å². The van der Waals surface area contributed by atoms with Crippen LogP contribution in [0.5, 0.6) is 0 Å². The standard InChI is InChI=1S/C16H21Cl2N3O3/c1-2-24-16(23)21-7-5-20(6-8-21)11-15(22)19-10-12-3-4-13(17)9-14(12)18/h3-4,9H,2,5-8,10-11H2,1H3,(H,19,22). The highest BCUT2D eigenvalue weighted by Gasteiger charge is 2.23. The first-order valence-electron chi connectivity index (χ1n) is 7.84. The van der Waals surface area contributed by atoms with E-state index in [1.54, 1.807) is 30.0 Å². The molecule has 0 bridgehead atoms. The lowest BCUT2D eigenvalue weighted by Crippen LogP contribution is -2.51. The van der Waals surface area contributed by atoms with Gasteiger partial charge in [-0.3, -0.25) is 9.69 Å². The fraction of sp³-hybridized carbons (Fsp3) is 0.500. The van der Waals surface area contributed by atoms with Crippen LogP contribution in [-0.2, 0) is 16.1 Å². The van der Waals surface area contributed by atoms with Gasteiger partial charge in [-0.2, -0.15) is 0 Å². The lowest BCUT2D eigenvalue weighted by molar-refractivity contribution is -0.122. The summed E-state index contributed by atoms with van der Waals surface area (Å²) in [5, 5.41) is 3.95. The second-order valence-electron chi connectivity index (χ2n) is 5.47. The normalized spacial score (nSPS) is 15.2. The predicted octanol–water partition coefficient (Wildman–Crippen LogP) is 2.38. The van der Waals surface area contributed by atoms with Gasteiger partial charge >= 0.3 is 6.09 Å². The minimum absolute atomic E-state index is 0.0781. The maximum atomic E-state index is 12.1. The zero-order valence-corrected chi connectivity index (χ0v) is 15.1. The van der Waals surface area contributed by atoms with Gasteiger partial charge in [0.05, 0.1) is 13.2 Å². The number of hydrogen-bond acceptors (Lipinski definition) is 4. The van der Waals surface area contributed by atoms with Crippen LogP contribution in [0.25, 0.3) is 0 Å². The first-order chi connectivity index (χ1) is 11.5. The quantitative estimate of drug-likeness (QED) is 0.860. The van der Waals surface area contributed by atoms with Crippen molar-refractivity contribution in [3.63, 3.8) is 0 Å². The van der Waals surface area contributed by atoms with Crippen molar-refractivity contribution in [2.75, 3.05) is 39.3 Å². The minimum atomic E-state index is -0.293. The number of piperazine rings is 1. The van der Waals surface area contributed by atoms with E-state index in [0.29, 0.717) is 55.9 Å². The molecule has 0 spiro atoms. The summed E-state index contributed by atoms with van der Waals surface area (Å²) >= 11 is 11.9. The highest BCUT2D eigenvalue weighted by molar-refractivity contribution is 6.35. The van der Waals surface area contributed by atoms with Crippen LogP contribution in [0.3, 0.4) is 0 Å². The van der Waals surface area contributed by atoms with Crippen LogP contribution in [0, 0.1) is 0 Å². The van der Waals surface area contributed by atoms with E-state index >= 15 is 0 Å². The van der Waals surface area contributed by atoms with Crippen molar-refractivity contribution in [1.82, 2.24) is 15.1 Å². The van der Waals surface area contributed by atoms with Crippen LogP contribution < -0.4 is 5.32 Å². The number of hydrogen-bond donors (Lipinski definition) is 1. The van der Waals surface area contributed by atoms with E-state index in [1.165, 1.54) is 0 Å². The van der Waals surface area contributed by atoms with E-state index in [0.717, 1.165) is 5.56 Å². The number of halogens is 2. The molecule has 0 atom stereocenters. The molecule has 2 rings (SSSR count). The molecule has 1 aromatic rings. The number of carbonyl (C=O) groups is 2. The van der Waals surface area contributed by atoms with Crippen molar-refractivity contribution in [2.45, 2.75) is 13.5 Å². The lowest BCUT2D eigenvalue weighted by Gasteiger charge is -2.33. The van der Waals surface area contributed by atoms with Gasteiger partial charge in [0.15, 0.2) is 0 Å². The van der Waals surface area contributed by atoms with Crippen LogP contribution in [-0.4, -0.2) is 61.1 Å². The van der Waals surface area contributed by atoms with E-state index in [2.05, 4.69) is 5.32 Å². The van der Waals surface area contributed by atoms with Crippen LogP contribution in [0.15, 0.2) is 18.2 Å². The predicted molar refractivity (Wildman–Crippen MR) is 93.3 cm³/mol. The third kappa shape index (κ3) is 5.54. The second-order valence-corrected chi connectivity index (χ2v) is 6.32. The molecule has 1 N–H and O–H groups in total. The molecule has 0 radical (unpaired) electrons. The maximum Gasteiger partial charge on any atom is 0.409 e. The van der Waals surface area contributed by atoms with Gasteiger partial charge in [0.1, 0.15) is 0 Å². The van der Waals surface area contributed by atoms with Gasteiger partial charge in [0, 0.05) is 42.8 Å². The highest BCUT2D eigenvalue weighted by atomic mass is 35.5. The van der Waals surface area contributed by atoms with Crippen molar-refractivity contribution in [3.8, 4) is 0 Å². The summed E-state index contributed by atoms with van der Waals surface area (Å²) in [5.74, 6) is -0.0781. The first kappa shape index (κ1) is 18.8. The summed E-state index contributed by atoms with van der Waals surface area (Å²) in [5.41, 5.74) is 0.821. The van der Waals surface area contributed by atoms with Gasteiger partial charge in [0.25, 0.3) is 0 Å². The Bertz CT molecular complexity index is 590. The monoisotopic (exact) mass is 373 g/mol. The maximum absolute atomic E-state index is 12.1. The third-order valence-electron chi connectivity index (χ3n) is 3.76. The average Bonchev–Trinajstić information content (AvgIpc) is 2.55. The first-order valence-corrected chi connectivity index (χ1v) is 8.60. The van der Waals surface area contributed by atoms with Crippen molar-refractivity contribution in [1.29, 1.82) is 0 Å². The molecule has 6 nitrogen and oxygen atoms in total. The Kier molecular flexibility index (Phi) is 7.15. The lowest BCUT2D eigenvalue weighted by atomic mass is 10.2. The summed E-state index contributed by atoms with van der Waals surface area (Å²) in [6.07, 6.45) is -0.293. The van der Waals surface area contributed by atoms with Gasteiger partial charge in [0.2, 0.25) is 5.91 Å². The van der Waals surface area contributed by atoms with E-state index in [-0.39, 0.29) is 12.0 Å². The smallest absolute Gasteiger partial charge is 0.409 e. The van der Waals surface area contributed by atoms with E-state index < -0.39 is 0 Å². The molecule has 1 aromatic carbocycles. The molecule has 1 heterocycles. The van der Waals surface area contributed by atoms with Gasteiger partial charge < -0.3 is 15.0 Å². The number of carbonyl (C=O) groups excluding carboxylic acids is 2. The minimum Gasteiger partial charge on any atom is -0.450 e. The Labute approximate surface area is 151 Å². The Hall–Kier alpha value is -1.50. The third-order valence-corrected chi connectivity index (χ3v) is 4.34. The molecule has 8 heteroatoms. The van der Waals surface area contributed by atoms with Gasteiger partial charge in [-0.15, -0.1) is 0 Å². The van der Waals surface area contributed by atoms with Crippen LogP contribution >= 0.6 is 23.2 Å². The molecule has 0 aromatic heterocycles. The second kappa shape index (κ2) is 9.11. The topological polar surface area (TPSA) is 61.9 Å². The molecule has 0 aliphatic carbocycles. The average molecular weight is 374 g/mol. The fourth-order valence-corrected chi connectivity index (χ4v) is 2.90. The summed E-state index contributed by atoms with van der Waals surface area (Å²) in [6, 6.07) is 5.19. The van der Waals surface area contributed by atoms with Crippen molar-refractivity contribution in [3.05, 3.63) is 33.8 Å². The molecular weight excluding hydrogens is 353 g/mol. The Balaban J connectivity index is 1.73. The summed E-state index contributed by atoms with van der Waals surface area (Å²) in [4.78, 5) is 27.3. The Morgan fingerprint density at radius 1 is 1.21 bits per heavy atom. The van der Waals surface area contributed by atoms with E-state index in [9.17, 15) is 9.59 Å². The van der Waals surface area contributed by atoms with Gasteiger partial charge in [-0.1, -0.05) is 29.3 Å². The SMILES string of the molecule is CCOC(=O)N1CCN(CC(=O)NCc2ccc(Cl)cc2Cl)CC1. The highest BCUT2D eigenvalue weighted by Crippen LogP contribution is 2.20. The fourth-order valence-electron chi connectivity index (χ4n) is 2.42.